The molecular formula is C8H18NOP. The third-order valence-corrected chi connectivity index (χ3v) is 3.03. The second-order valence-corrected chi connectivity index (χ2v) is 3.86. The molecule has 0 amide bonds. The molecule has 2 fully saturated rings. The van der Waals surface area contributed by atoms with E-state index in [0.717, 1.165) is 11.8 Å². The van der Waals surface area contributed by atoms with Crippen molar-refractivity contribution in [2.75, 3.05) is 19.7 Å². The minimum absolute atomic E-state index is 0.411. The summed E-state index contributed by atoms with van der Waals surface area (Å²) in [6.07, 6.45) is 0. The van der Waals surface area contributed by atoms with Crippen molar-refractivity contribution in [3.05, 3.63) is 0 Å². The first kappa shape index (κ1) is 9.44. The second kappa shape index (κ2) is 3.84. The zero-order valence-electron chi connectivity index (χ0n) is 7.33. The number of fused-ring (bicyclic) bond motifs is 1. The van der Waals surface area contributed by atoms with Gasteiger partial charge in [0.25, 0.3) is 0 Å². The second-order valence-electron chi connectivity index (χ2n) is 3.13. The summed E-state index contributed by atoms with van der Waals surface area (Å²) >= 11 is 0. The largest absolute Gasteiger partial charge is 0.396 e. The van der Waals surface area contributed by atoms with E-state index in [1.807, 2.05) is 13.8 Å². The van der Waals surface area contributed by atoms with E-state index in [4.69, 9.17) is 5.11 Å². The quantitative estimate of drug-likeness (QED) is 0.600. The predicted octanol–water partition coefficient (Wildman–Crippen LogP) is 0.973. The van der Waals surface area contributed by atoms with Crippen molar-refractivity contribution >= 4 is 9.39 Å². The van der Waals surface area contributed by atoms with E-state index in [2.05, 4.69) is 14.1 Å². The molecular weight excluding hydrogens is 157 g/mol. The number of hydrogen-bond donors (Lipinski definition) is 1. The van der Waals surface area contributed by atoms with Crippen LogP contribution in [0.15, 0.2) is 0 Å². The third-order valence-electron chi connectivity index (χ3n) is 2.61. The number of aliphatic hydroxyl groups is 1. The fraction of sp³-hybridized carbons (Fsp3) is 1.00. The molecule has 1 aliphatic heterocycles. The van der Waals surface area contributed by atoms with Crippen LogP contribution in [0, 0.1) is 17.8 Å². The van der Waals surface area contributed by atoms with Gasteiger partial charge >= 0.3 is 0 Å². The first-order valence-corrected chi connectivity index (χ1v) is 4.95. The zero-order valence-corrected chi connectivity index (χ0v) is 8.48. The molecule has 0 aromatic rings. The Hall–Kier alpha value is 0.350. The van der Waals surface area contributed by atoms with Crippen LogP contribution >= 0.6 is 9.39 Å². The molecule has 2 rings (SSSR count). The van der Waals surface area contributed by atoms with Gasteiger partial charge < -0.3 is 5.11 Å². The highest BCUT2D eigenvalue weighted by molar-refractivity contribution is 7.13. The molecule has 11 heavy (non-hydrogen) atoms. The first-order valence-electron chi connectivity index (χ1n) is 4.43. The lowest BCUT2D eigenvalue weighted by molar-refractivity contribution is 0.250. The third kappa shape index (κ3) is 1.74. The van der Waals surface area contributed by atoms with Crippen LogP contribution in [-0.4, -0.2) is 29.5 Å². The average Bonchev–Trinajstić information content (AvgIpc) is 2.52. The van der Waals surface area contributed by atoms with E-state index in [1.54, 1.807) is 0 Å². The molecule has 1 aliphatic carbocycles. The van der Waals surface area contributed by atoms with Gasteiger partial charge in [0.2, 0.25) is 0 Å². The van der Waals surface area contributed by atoms with Gasteiger partial charge in [-0.1, -0.05) is 23.2 Å². The minimum atomic E-state index is 0.411. The molecule has 66 valence electrons. The summed E-state index contributed by atoms with van der Waals surface area (Å²) in [6.45, 7) is 6.77. The van der Waals surface area contributed by atoms with Gasteiger partial charge in [-0.05, 0) is 17.8 Å². The summed E-state index contributed by atoms with van der Waals surface area (Å²) in [5.41, 5.74) is 0. The summed E-state index contributed by atoms with van der Waals surface area (Å²) < 4.78 is 2.27. The number of nitrogens with zero attached hydrogens (tertiary/aromatic N) is 1. The number of aliphatic hydroxyl groups excluding tert-OH is 1. The van der Waals surface area contributed by atoms with Crippen LogP contribution in [0.25, 0.3) is 0 Å². The number of piperidine rings is 1. The molecule has 1 saturated carbocycles. The standard InChI is InChI=1S/C6H12NOP.C2H6/c8-3-6-4-1-7(9)2-5(4)6;1-2/h4-6,8H,1-3,9H2;1-2H3. The van der Waals surface area contributed by atoms with Gasteiger partial charge in [0.1, 0.15) is 0 Å². The molecule has 0 spiro atoms. The van der Waals surface area contributed by atoms with Gasteiger partial charge in [0.15, 0.2) is 0 Å². The molecule has 0 radical (unpaired) electrons. The van der Waals surface area contributed by atoms with E-state index in [1.165, 1.54) is 13.1 Å². The lowest BCUT2D eigenvalue weighted by Crippen LogP contribution is -2.13. The summed E-state index contributed by atoms with van der Waals surface area (Å²) in [6, 6.07) is 0. The molecule has 0 aromatic heterocycles. The van der Waals surface area contributed by atoms with Crippen molar-refractivity contribution in [2.45, 2.75) is 13.8 Å². The Bertz CT molecular complexity index is 119. The molecule has 3 atom stereocenters. The van der Waals surface area contributed by atoms with Gasteiger partial charge in [0, 0.05) is 19.7 Å². The van der Waals surface area contributed by atoms with Crippen LogP contribution < -0.4 is 0 Å². The molecule has 2 aliphatic rings. The Balaban J connectivity index is 0.000000281. The predicted molar refractivity (Wildman–Crippen MR) is 50.2 cm³/mol. The van der Waals surface area contributed by atoms with E-state index in [0.29, 0.717) is 12.5 Å². The first-order chi connectivity index (χ1) is 5.33. The smallest absolute Gasteiger partial charge is 0.0465 e. The maximum Gasteiger partial charge on any atom is 0.0465 e. The van der Waals surface area contributed by atoms with Crippen molar-refractivity contribution in [3.8, 4) is 0 Å². The SMILES string of the molecule is CC.OCC1C2CN(P)CC12. The molecule has 1 saturated heterocycles. The van der Waals surface area contributed by atoms with Gasteiger partial charge in [-0.15, -0.1) is 0 Å². The Kier molecular flexibility index (Phi) is 3.29. The van der Waals surface area contributed by atoms with Gasteiger partial charge in [0.05, 0.1) is 0 Å². The normalized spacial score (nSPS) is 40.9. The summed E-state index contributed by atoms with van der Waals surface area (Å²) in [4.78, 5) is 0. The molecule has 2 nitrogen and oxygen atoms in total. The Morgan fingerprint density at radius 1 is 1.36 bits per heavy atom. The maximum atomic E-state index is 8.77. The summed E-state index contributed by atoms with van der Waals surface area (Å²) in [5, 5.41) is 8.77. The van der Waals surface area contributed by atoms with Gasteiger partial charge in [-0.25, -0.2) is 0 Å². The van der Waals surface area contributed by atoms with Crippen LogP contribution in [0.1, 0.15) is 13.8 Å². The minimum Gasteiger partial charge on any atom is -0.396 e. The van der Waals surface area contributed by atoms with E-state index >= 15 is 0 Å². The van der Waals surface area contributed by atoms with Crippen molar-refractivity contribution in [1.82, 2.24) is 4.67 Å². The highest BCUT2D eigenvalue weighted by Crippen LogP contribution is 2.51. The molecule has 0 bridgehead atoms. The zero-order chi connectivity index (χ0) is 8.43. The van der Waals surface area contributed by atoms with Gasteiger partial charge in [-0.2, -0.15) is 0 Å². The Morgan fingerprint density at radius 3 is 2.18 bits per heavy atom. The van der Waals surface area contributed by atoms with Crippen molar-refractivity contribution in [1.29, 1.82) is 0 Å². The number of rotatable bonds is 1. The van der Waals surface area contributed by atoms with Crippen molar-refractivity contribution < 1.29 is 5.11 Å². The Labute approximate surface area is 71.2 Å². The average molecular weight is 175 g/mol. The summed E-state index contributed by atoms with van der Waals surface area (Å²) in [5.74, 6) is 2.31. The van der Waals surface area contributed by atoms with Crippen LogP contribution in [0.5, 0.6) is 0 Å². The van der Waals surface area contributed by atoms with E-state index in [9.17, 15) is 0 Å². The van der Waals surface area contributed by atoms with Crippen LogP contribution in [-0.2, 0) is 0 Å². The topological polar surface area (TPSA) is 23.5 Å². The van der Waals surface area contributed by atoms with Crippen LogP contribution in [0.4, 0.5) is 0 Å². The monoisotopic (exact) mass is 175 g/mol. The van der Waals surface area contributed by atoms with E-state index in [-0.39, 0.29) is 0 Å². The Morgan fingerprint density at radius 2 is 1.82 bits per heavy atom. The fourth-order valence-corrected chi connectivity index (χ4v) is 2.44. The lowest BCUT2D eigenvalue weighted by Gasteiger charge is -2.10. The molecule has 3 unspecified atom stereocenters. The fourth-order valence-electron chi connectivity index (χ4n) is 1.95. The summed E-state index contributed by atoms with van der Waals surface area (Å²) in [7, 11) is 2.72. The highest BCUT2D eigenvalue weighted by Gasteiger charge is 2.54. The number of hydrogen-bond acceptors (Lipinski definition) is 2. The maximum absolute atomic E-state index is 8.77. The highest BCUT2D eigenvalue weighted by atomic mass is 31.0. The molecule has 0 aromatic carbocycles. The lowest BCUT2D eigenvalue weighted by atomic mass is 10.3. The van der Waals surface area contributed by atoms with Crippen LogP contribution in [0.2, 0.25) is 0 Å². The van der Waals surface area contributed by atoms with Crippen molar-refractivity contribution in [3.63, 3.8) is 0 Å². The van der Waals surface area contributed by atoms with E-state index < -0.39 is 0 Å². The molecule has 1 N–H and O–H groups in total. The van der Waals surface area contributed by atoms with Gasteiger partial charge in [-0.3, -0.25) is 4.67 Å². The van der Waals surface area contributed by atoms with Crippen molar-refractivity contribution in [2.24, 2.45) is 17.8 Å². The van der Waals surface area contributed by atoms with Crippen LogP contribution in [0.3, 0.4) is 0 Å². The molecule has 3 heteroatoms. The molecule has 1 heterocycles.